The topological polar surface area (TPSA) is 117 Å². The second kappa shape index (κ2) is 11.3. The highest BCUT2D eigenvalue weighted by atomic mass is 35.5. The summed E-state index contributed by atoms with van der Waals surface area (Å²) < 4.78 is 21.7. The third-order valence-corrected chi connectivity index (χ3v) is 8.36. The number of anilines is 1. The molecule has 10 nitrogen and oxygen atoms in total. The first-order valence-corrected chi connectivity index (χ1v) is 14.6. The van der Waals surface area contributed by atoms with Gasteiger partial charge in [0.1, 0.15) is 17.7 Å². The lowest BCUT2D eigenvalue weighted by atomic mass is 10.0. The van der Waals surface area contributed by atoms with Gasteiger partial charge in [-0.2, -0.15) is 4.98 Å². The van der Waals surface area contributed by atoms with Crippen molar-refractivity contribution in [2.75, 3.05) is 31.1 Å². The van der Waals surface area contributed by atoms with E-state index in [-0.39, 0.29) is 46.4 Å². The molecule has 0 aliphatic carbocycles. The average Bonchev–Trinajstić information content (AvgIpc) is 3.77. The Morgan fingerprint density at radius 1 is 1.21 bits per heavy atom. The quantitative estimate of drug-likeness (QED) is 0.329. The van der Waals surface area contributed by atoms with Crippen molar-refractivity contribution in [3.05, 3.63) is 75.2 Å². The number of carbonyl (C=O) groups excluding carboxylic acids is 1. The summed E-state index contributed by atoms with van der Waals surface area (Å²) in [4.78, 5) is 44.6. The highest BCUT2D eigenvalue weighted by molar-refractivity contribution is 6.33. The second-order valence-electron chi connectivity index (χ2n) is 11.3. The van der Waals surface area contributed by atoms with Gasteiger partial charge < -0.3 is 19.6 Å². The molecule has 0 spiro atoms. The number of piperazine rings is 1. The summed E-state index contributed by atoms with van der Waals surface area (Å²) in [5.74, 6) is -0.279. The van der Waals surface area contributed by atoms with Crippen molar-refractivity contribution in [1.29, 1.82) is 0 Å². The second-order valence-corrected chi connectivity index (χ2v) is 11.8. The molecule has 0 bridgehead atoms. The van der Waals surface area contributed by atoms with Crippen LogP contribution in [0.2, 0.25) is 5.02 Å². The van der Waals surface area contributed by atoms with Crippen molar-refractivity contribution in [3.63, 3.8) is 0 Å². The maximum atomic E-state index is 15.0. The number of aromatic nitrogens is 4. The number of pyridine rings is 2. The van der Waals surface area contributed by atoms with Crippen molar-refractivity contribution in [3.8, 4) is 16.9 Å². The molecule has 43 heavy (non-hydrogen) atoms. The van der Waals surface area contributed by atoms with E-state index < -0.39 is 23.7 Å². The Hall–Kier alpha value is -3.93. The number of aryl methyl sites for hydroxylation is 1. The number of amides is 1. The van der Waals surface area contributed by atoms with Gasteiger partial charge >= 0.3 is 5.69 Å². The summed E-state index contributed by atoms with van der Waals surface area (Å²) in [5, 5.41) is 10.0. The van der Waals surface area contributed by atoms with Crippen molar-refractivity contribution in [1.82, 2.24) is 24.4 Å². The fourth-order valence-corrected chi connectivity index (χ4v) is 6.06. The Labute approximate surface area is 252 Å². The maximum absolute atomic E-state index is 15.0. The zero-order valence-electron chi connectivity index (χ0n) is 24.3. The highest BCUT2D eigenvalue weighted by Crippen LogP contribution is 2.36. The molecule has 2 fully saturated rings. The molecule has 224 valence electrons. The summed E-state index contributed by atoms with van der Waals surface area (Å²) in [7, 11) is 0. The van der Waals surface area contributed by atoms with Crippen LogP contribution in [-0.4, -0.2) is 79.9 Å². The molecule has 5 heterocycles. The van der Waals surface area contributed by atoms with E-state index in [9.17, 15) is 19.1 Å². The van der Waals surface area contributed by atoms with Crippen LogP contribution in [0, 0.1) is 12.7 Å². The van der Waals surface area contributed by atoms with Crippen LogP contribution in [0.4, 0.5) is 10.2 Å². The molecular weight excluding hydrogens is 575 g/mol. The largest absolute Gasteiger partial charge is 0.394 e. The first-order chi connectivity index (χ1) is 20.6. The van der Waals surface area contributed by atoms with E-state index in [1.807, 2.05) is 38.7 Å². The predicted octanol–water partition coefficient (Wildman–Crippen LogP) is 3.86. The molecule has 2 aliphatic heterocycles. The molecule has 2 aliphatic rings. The number of nitrogens with zero attached hydrogens (tertiary/aromatic N) is 6. The molecular formula is C31H32ClFN6O4. The Kier molecular flexibility index (Phi) is 7.66. The molecule has 0 saturated carbocycles. The lowest BCUT2D eigenvalue weighted by molar-refractivity contribution is -0.133. The van der Waals surface area contributed by atoms with Crippen LogP contribution in [0.25, 0.3) is 28.0 Å². The molecule has 1 aromatic carbocycles. The van der Waals surface area contributed by atoms with Gasteiger partial charge in [-0.15, -0.1) is 0 Å². The van der Waals surface area contributed by atoms with E-state index in [2.05, 4.69) is 9.97 Å². The number of epoxide rings is 1. The van der Waals surface area contributed by atoms with Gasteiger partial charge in [0.15, 0.2) is 11.8 Å². The summed E-state index contributed by atoms with van der Waals surface area (Å²) >= 11 is 6.78. The number of ether oxygens (including phenoxy) is 1. The van der Waals surface area contributed by atoms with Gasteiger partial charge in [-0.05, 0) is 49.6 Å². The Morgan fingerprint density at radius 2 is 1.98 bits per heavy atom. The standard InChI is InChI=1S/C31H32ClFN6O4/c1-16(2)24-26(17(3)9-10-34-24)39-29-20(13-21(32)25(35-29)19-7-5-6-8-22(19)33)28(36-31(39)42)38-12-11-37(14-18(38)4)30(41)27-23(15-40)43-27/h5-10,13,16,18,23,27,40H,11-12,14-15H2,1-4H3/t18?,23-,27+/m0/s1. The number of aliphatic hydroxyl groups excluding tert-OH is 1. The van der Waals surface area contributed by atoms with Crippen LogP contribution in [0.15, 0.2) is 47.4 Å². The molecule has 4 aromatic rings. The number of hydrogen-bond acceptors (Lipinski definition) is 8. The SMILES string of the molecule is Cc1ccnc(C(C)C)c1-n1c(=O)nc(N2CCN(C(=O)[C@@H]3O[C@H]3CO)CC2C)c2cc(Cl)c(-c3ccccc3F)nc21. The molecule has 6 rings (SSSR count). The summed E-state index contributed by atoms with van der Waals surface area (Å²) in [6.07, 6.45) is 0.628. The number of aliphatic hydroxyl groups is 1. The van der Waals surface area contributed by atoms with Crippen LogP contribution in [0.3, 0.4) is 0 Å². The number of benzene rings is 1. The monoisotopic (exact) mass is 606 g/mol. The van der Waals surface area contributed by atoms with Gasteiger partial charge in [-0.1, -0.05) is 37.6 Å². The predicted molar refractivity (Wildman–Crippen MR) is 161 cm³/mol. The highest BCUT2D eigenvalue weighted by Gasteiger charge is 2.47. The van der Waals surface area contributed by atoms with Crippen molar-refractivity contribution in [2.45, 2.75) is 51.9 Å². The van der Waals surface area contributed by atoms with E-state index >= 15 is 0 Å². The first kappa shape index (κ1) is 29.2. The molecule has 3 atom stereocenters. The summed E-state index contributed by atoms with van der Waals surface area (Å²) in [6, 6.07) is 9.51. The van der Waals surface area contributed by atoms with Crippen LogP contribution >= 0.6 is 11.6 Å². The lowest BCUT2D eigenvalue weighted by Crippen LogP contribution is -2.55. The molecule has 1 amide bonds. The van der Waals surface area contributed by atoms with Gasteiger partial charge in [0, 0.05) is 37.4 Å². The number of hydrogen-bond donors (Lipinski definition) is 1. The van der Waals surface area contributed by atoms with Crippen LogP contribution in [0.5, 0.6) is 0 Å². The average molecular weight is 607 g/mol. The van der Waals surface area contributed by atoms with Gasteiger partial charge in [-0.25, -0.2) is 18.7 Å². The van der Waals surface area contributed by atoms with Crippen LogP contribution < -0.4 is 10.6 Å². The Balaban J connectivity index is 1.53. The first-order valence-electron chi connectivity index (χ1n) is 14.3. The minimum atomic E-state index is -0.621. The number of fused-ring (bicyclic) bond motifs is 1. The number of carbonyl (C=O) groups is 1. The van der Waals surface area contributed by atoms with E-state index in [1.54, 1.807) is 35.4 Å². The fourth-order valence-electron chi connectivity index (χ4n) is 5.80. The molecule has 12 heteroatoms. The molecule has 1 unspecified atom stereocenters. The third kappa shape index (κ3) is 5.15. The van der Waals surface area contributed by atoms with E-state index in [0.717, 1.165) is 5.56 Å². The van der Waals surface area contributed by atoms with Crippen molar-refractivity contribution >= 4 is 34.4 Å². The van der Waals surface area contributed by atoms with Gasteiger partial charge in [0.05, 0.1) is 34.1 Å². The summed E-state index contributed by atoms with van der Waals surface area (Å²) in [5.41, 5.74) is 2.22. The zero-order valence-corrected chi connectivity index (χ0v) is 25.0. The minimum Gasteiger partial charge on any atom is -0.394 e. The number of rotatable bonds is 6. The third-order valence-electron chi connectivity index (χ3n) is 8.07. The molecule has 2 saturated heterocycles. The van der Waals surface area contributed by atoms with Crippen molar-refractivity contribution in [2.24, 2.45) is 0 Å². The van der Waals surface area contributed by atoms with Gasteiger partial charge in [0.25, 0.3) is 5.91 Å². The van der Waals surface area contributed by atoms with E-state index in [0.29, 0.717) is 42.2 Å². The molecule has 1 N–H and O–H groups in total. The minimum absolute atomic E-state index is 0.0126. The maximum Gasteiger partial charge on any atom is 0.355 e. The fraction of sp³-hybridized carbons (Fsp3) is 0.387. The van der Waals surface area contributed by atoms with Gasteiger partial charge in [0.2, 0.25) is 0 Å². The van der Waals surface area contributed by atoms with Gasteiger partial charge in [-0.3, -0.25) is 9.78 Å². The molecule has 0 radical (unpaired) electrons. The smallest absolute Gasteiger partial charge is 0.355 e. The van der Waals surface area contributed by atoms with E-state index in [1.165, 1.54) is 10.6 Å². The Bertz CT molecular complexity index is 1800. The normalized spacial score (nSPS) is 20.2. The van der Waals surface area contributed by atoms with Crippen LogP contribution in [-0.2, 0) is 9.53 Å². The van der Waals surface area contributed by atoms with Crippen molar-refractivity contribution < 1.29 is 19.0 Å². The van der Waals surface area contributed by atoms with E-state index in [4.69, 9.17) is 21.3 Å². The van der Waals surface area contributed by atoms with Crippen LogP contribution in [0.1, 0.15) is 37.9 Å². The summed E-state index contributed by atoms with van der Waals surface area (Å²) in [6.45, 7) is 8.77. The Morgan fingerprint density at radius 3 is 2.65 bits per heavy atom. The molecule has 3 aromatic heterocycles. The lowest BCUT2D eigenvalue weighted by Gasteiger charge is -2.40. The number of halogens is 2. The zero-order chi connectivity index (χ0) is 30.6.